The fourth-order valence-electron chi connectivity index (χ4n) is 4.80. The zero-order chi connectivity index (χ0) is 21.8. The lowest BCUT2D eigenvalue weighted by molar-refractivity contribution is -0.138. The lowest BCUT2D eigenvalue weighted by atomic mass is 10.1. The predicted octanol–water partition coefficient (Wildman–Crippen LogP) is 2.21. The van der Waals surface area contributed by atoms with E-state index in [0.29, 0.717) is 44.8 Å². The van der Waals surface area contributed by atoms with Gasteiger partial charge in [-0.05, 0) is 56.4 Å². The second-order valence-corrected chi connectivity index (χ2v) is 9.62. The van der Waals surface area contributed by atoms with Crippen LogP contribution in [0.15, 0.2) is 28.7 Å². The van der Waals surface area contributed by atoms with Gasteiger partial charge in [-0.15, -0.1) is 0 Å². The summed E-state index contributed by atoms with van der Waals surface area (Å²) in [6, 6.07) is 6.92. The van der Waals surface area contributed by atoms with Crippen molar-refractivity contribution >= 4 is 33.7 Å². The number of hydrogen-bond acceptors (Lipinski definition) is 4. The van der Waals surface area contributed by atoms with E-state index in [9.17, 15) is 14.4 Å². The van der Waals surface area contributed by atoms with Gasteiger partial charge in [0.25, 0.3) is 5.91 Å². The first kappa shape index (κ1) is 22.3. The number of likely N-dealkylation sites (tertiary alicyclic amines) is 2. The largest absolute Gasteiger partial charge is 0.342 e. The SMILES string of the molecule is O=C(CN1CCN(C(=O)C2CCCN2C(=O)c2ccc(Br)cc2)CC1)N1CCCCC1. The number of carbonyl (C=O) groups is 3. The molecule has 0 bridgehead atoms. The minimum absolute atomic E-state index is 0.0463. The van der Waals surface area contributed by atoms with Crippen molar-refractivity contribution < 1.29 is 14.4 Å². The average Bonchev–Trinajstić information content (AvgIpc) is 3.29. The topological polar surface area (TPSA) is 64.2 Å². The highest BCUT2D eigenvalue weighted by atomic mass is 79.9. The van der Waals surface area contributed by atoms with Crippen LogP contribution in [0.25, 0.3) is 0 Å². The molecule has 3 fully saturated rings. The lowest BCUT2D eigenvalue weighted by Crippen LogP contribution is -2.55. The van der Waals surface area contributed by atoms with Gasteiger partial charge in [0.15, 0.2) is 0 Å². The molecule has 0 spiro atoms. The molecule has 31 heavy (non-hydrogen) atoms. The Morgan fingerprint density at radius 1 is 0.806 bits per heavy atom. The Bertz CT molecular complexity index is 802. The second-order valence-electron chi connectivity index (χ2n) is 8.71. The van der Waals surface area contributed by atoms with Gasteiger partial charge in [0.2, 0.25) is 11.8 Å². The molecule has 168 valence electrons. The zero-order valence-electron chi connectivity index (χ0n) is 18.0. The third-order valence-corrected chi connectivity index (χ3v) is 7.17. The summed E-state index contributed by atoms with van der Waals surface area (Å²) in [7, 11) is 0. The highest BCUT2D eigenvalue weighted by Crippen LogP contribution is 2.23. The molecular weight excluding hydrogens is 460 g/mol. The summed E-state index contributed by atoms with van der Waals surface area (Å²) in [6.45, 7) is 5.46. The Balaban J connectivity index is 1.30. The second kappa shape index (κ2) is 10.1. The summed E-state index contributed by atoms with van der Waals surface area (Å²) >= 11 is 3.39. The Hall–Kier alpha value is -1.93. The van der Waals surface area contributed by atoms with E-state index < -0.39 is 0 Å². The number of nitrogens with zero attached hydrogens (tertiary/aromatic N) is 4. The van der Waals surface area contributed by atoms with Crippen LogP contribution < -0.4 is 0 Å². The van der Waals surface area contributed by atoms with Crippen LogP contribution in [0.2, 0.25) is 0 Å². The van der Waals surface area contributed by atoms with Gasteiger partial charge in [-0.1, -0.05) is 15.9 Å². The third-order valence-electron chi connectivity index (χ3n) is 6.64. The summed E-state index contributed by atoms with van der Waals surface area (Å²) in [5.74, 6) is 0.181. The third kappa shape index (κ3) is 5.29. The fourth-order valence-corrected chi connectivity index (χ4v) is 5.06. The quantitative estimate of drug-likeness (QED) is 0.648. The molecule has 1 unspecified atom stereocenters. The predicted molar refractivity (Wildman–Crippen MR) is 122 cm³/mol. The van der Waals surface area contributed by atoms with Gasteiger partial charge >= 0.3 is 0 Å². The van der Waals surface area contributed by atoms with Gasteiger partial charge in [-0.25, -0.2) is 0 Å². The molecule has 1 aromatic rings. The fraction of sp³-hybridized carbons (Fsp3) is 0.609. The molecule has 3 aliphatic rings. The maximum atomic E-state index is 13.2. The van der Waals surface area contributed by atoms with Crippen molar-refractivity contribution in [3.8, 4) is 0 Å². The minimum atomic E-state index is -0.377. The van der Waals surface area contributed by atoms with Gasteiger partial charge in [0.1, 0.15) is 6.04 Å². The van der Waals surface area contributed by atoms with Crippen molar-refractivity contribution in [1.29, 1.82) is 0 Å². The van der Waals surface area contributed by atoms with Crippen molar-refractivity contribution in [1.82, 2.24) is 19.6 Å². The van der Waals surface area contributed by atoms with Crippen LogP contribution in [-0.2, 0) is 9.59 Å². The Morgan fingerprint density at radius 2 is 1.48 bits per heavy atom. The van der Waals surface area contributed by atoms with Gasteiger partial charge in [0.05, 0.1) is 6.54 Å². The van der Waals surface area contributed by atoms with Crippen LogP contribution >= 0.6 is 15.9 Å². The molecule has 1 atom stereocenters. The summed E-state index contributed by atoms with van der Waals surface area (Å²) in [6.07, 6.45) is 4.99. The molecule has 3 saturated heterocycles. The molecule has 1 aromatic carbocycles. The first-order chi connectivity index (χ1) is 15.0. The van der Waals surface area contributed by atoms with Crippen LogP contribution in [0.5, 0.6) is 0 Å². The molecule has 0 saturated carbocycles. The van der Waals surface area contributed by atoms with Gasteiger partial charge in [0, 0.05) is 55.8 Å². The molecule has 4 rings (SSSR count). The van der Waals surface area contributed by atoms with Crippen LogP contribution in [0.4, 0.5) is 0 Å². The van der Waals surface area contributed by atoms with E-state index in [2.05, 4.69) is 20.8 Å². The maximum absolute atomic E-state index is 13.2. The van der Waals surface area contributed by atoms with E-state index in [-0.39, 0.29) is 23.8 Å². The normalized spacial score (nSPS) is 22.6. The number of piperidine rings is 1. The van der Waals surface area contributed by atoms with E-state index in [1.165, 1.54) is 6.42 Å². The van der Waals surface area contributed by atoms with Crippen LogP contribution in [0, 0.1) is 0 Å². The molecule has 3 aliphatic heterocycles. The van der Waals surface area contributed by atoms with Gasteiger partial charge in [-0.2, -0.15) is 0 Å². The molecule has 0 aromatic heterocycles. The van der Waals surface area contributed by atoms with E-state index in [4.69, 9.17) is 0 Å². The highest BCUT2D eigenvalue weighted by molar-refractivity contribution is 9.10. The Morgan fingerprint density at radius 3 is 2.16 bits per heavy atom. The van der Waals surface area contributed by atoms with E-state index in [1.807, 2.05) is 21.9 Å². The van der Waals surface area contributed by atoms with E-state index >= 15 is 0 Å². The first-order valence-corrected chi connectivity index (χ1v) is 12.2. The van der Waals surface area contributed by atoms with Crippen molar-refractivity contribution in [3.63, 3.8) is 0 Å². The number of amides is 3. The van der Waals surface area contributed by atoms with Crippen molar-refractivity contribution in [2.24, 2.45) is 0 Å². The molecule has 8 heteroatoms. The standard InChI is InChI=1S/C23H31BrN4O3/c24-19-8-6-18(7-9-19)22(30)28-12-4-5-20(28)23(31)27-15-13-25(14-16-27)17-21(29)26-10-2-1-3-11-26/h6-9,20H,1-5,10-17H2. The lowest BCUT2D eigenvalue weighted by Gasteiger charge is -2.38. The Labute approximate surface area is 192 Å². The molecule has 7 nitrogen and oxygen atoms in total. The molecule has 3 heterocycles. The van der Waals surface area contributed by atoms with Gasteiger partial charge in [-0.3, -0.25) is 19.3 Å². The summed E-state index contributed by atoms with van der Waals surface area (Å²) in [5.41, 5.74) is 0.615. The van der Waals surface area contributed by atoms with Crippen molar-refractivity contribution in [2.45, 2.75) is 38.1 Å². The number of halogens is 1. The highest BCUT2D eigenvalue weighted by Gasteiger charge is 2.37. The average molecular weight is 491 g/mol. The minimum Gasteiger partial charge on any atom is -0.342 e. The molecular formula is C23H31BrN4O3. The molecule has 3 amide bonds. The van der Waals surface area contributed by atoms with Crippen LogP contribution in [0.3, 0.4) is 0 Å². The number of benzene rings is 1. The molecule has 0 N–H and O–H groups in total. The number of rotatable bonds is 4. The number of carbonyl (C=O) groups excluding carboxylic acids is 3. The summed E-state index contributed by atoms with van der Waals surface area (Å²) < 4.78 is 0.926. The molecule has 0 aliphatic carbocycles. The van der Waals surface area contributed by atoms with E-state index in [1.54, 1.807) is 17.0 Å². The van der Waals surface area contributed by atoms with Gasteiger partial charge < -0.3 is 14.7 Å². The van der Waals surface area contributed by atoms with Crippen molar-refractivity contribution in [3.05, 3.63) is 34.3 Å². The summed E-state index contributed by atoms with van der Waals surface area (Å²) in [5, 5.41) is 0. The van der Waals surface area contributed by atoms with Crippen LogP contribution in [0.1, 0.15) is 42.5 Å². The van der Waals surface area contributed by atoms with Crippen LogP contribution in [-0.4, -0.2) is 95.7 Å². The zero-order valence-corrected chi connectivity index (χ0v) is 19.6. The monoisotopic (exact) mass is 490 g/mol. The number of hydrogen-bond donors (Lipinski definition) is 0. The first-order valence-electron chi connectivity index (χ1n) is 11.4. The summed E-state index contributed by atoms with van der Waals surface area (Å²) in [4.78, 5) is 46.4. The Kier molecular flexibility index (Phi) is 7.27. The number of piperazine rings is 1. The van der Waals surface area contributed by atoms with Crippen molar-refractivity contribution in [2.75, 3.05) is 52.4 Å². The maximum Gasteiger partial charge on any atom is 0.254 e. The molecule has 0 radical (unpaired) electrons. The van der Waals surface area contributed by atoms with E-state index in [0.717, 1.165) is 43.2 Å². The smallest absolute Gasteiger partial charge is 0.254 e.